The lowest BCUT2D eigenvalue weighted by Gasteiger charge is -2.33. The van der Waals surface area contributed by atoms with E-state index in [0.29, 0.717) is 26.1 Å². The molecule has 0 radical (unpaired) electrons. The quantitative estimate of drug-likeness (QED) is 0.594. The Morgan fingerprint density at radius 3 is 2.58 bits per heavy atom. The summed E-state index contributed by atoms with van der Waals surface area (Å²) >= 11 is 12.1. The maximum Gasteiger partial charge on any atom is 0.310 e. The van der Waals surface area contributed by atoms with E-state index in [1.54, 1.807) is 18.7 Å². The molecule has 19 heavy (non-hydrogen) atoms. The van der Waals surface area contributed by atoms with Crippen molar-refractivity contribution in [3.8, 4) is 0 Å². The van der Waals surface area contributed by atoms with E-state index in [9.17, 15) is 9.59 Å². The summed E-state index contributed by atoms with van der Waals surface area (Å²) in [4.78, 5) is 25.9. The Hall–Kier alpha value is -0.480. The molecule has 2 atom stereocenters. The van der Waals surface area contributed by atoms with Gasteiger partial charge in [-0.2, -0.15) is 0 Å². The number of hydrogen-bond acceptors (Lipinski definition) is 3. The van der Waals surface area contributed by atoms with E-state index in [1.165, 1.54) is 0 Å². The van der Waals surface area contributed by atoms with Crippen molar-refractivity contribution < 1.29 is 14.3 Å². The van der Waals surface area contributed by atoms with Gasteiger partial charge in [-0.1, -0.05) is 0 Å². The SMILES string of the molecule is CCOC(=O)C1CCCN(C(=O)C2(C)CC2(Cl)Cl)C1. The van der Waals surface area contributed by atoms with Crippen molar-refractivity contribution in [3.05, 3.63) is 0 Å². The molecule has 0 bridgehead atoms. The smallest absolute Gasteiger partial charge is 0.310 e. The number of rotatable bonds is 3. The summed E-state index contributed by atoms with van der Waals surface area (Å²) in [6, 6.07) is 0. The fraction of sp³-hybridized carbons (Fsp3) is 0.846. The van der Waals surface area contributed by atoms with Crippen LogP contribution in [0.15, 0.2) is 0 Å². The van der Waals surface area contributed by atoms with Gasteiger partial charge in [-0.15, -0.1) is 23.2 Å². The summed E-state index contributed by atoms with van der Waals surface area (Å²) < 4.78 is 4.07. The largest absolute Gasteiger partial charge is 0.466 e. The zero-order valence-corrected chi connectivity index (χ0v) is 12.8. The van der Waals surface area contributed by atoms with Crippen molar-refractivity contribution in [1.29, 1.82) is 0 Å². The highest BCUT2D eigenvalue weighted by molar-refractivity contribution is 6.53. The highest BCUT2D eigenvalue weighted by atomic mass is 35.5. The Morgan fingerprint density at radius 2 is 2.05 bits per heavy atom. The lowest BCUT2D eigenvalue weighted by Crippen LogP contribution is -2.46. The Bertz CT molecular complexity index is 399. The van der Waals surface area contributed by atoms with E-state index in [0.717, 1.165) is 12.8 Å². The molecule has 0 spiro atoms. The van der Waals surface area contributed by atoms with Gasteiger partial charge in [0, 0.05) is 13.1 Å². The monoisotopic (exact) mass is 307 g/mol. The van der Waals surface area contributed by atoms with Crippen LogP contribution < -0.4 is 0 Å². The normalized spacial score (nSPS) is 32.8. The van der Waals surface area contributed by atoms with Crippen LogP contribution in [0.2, 0.25) is 0 Å². The third-order valence-corrected chi connectivity index (χ3v) is 5.16. The number of ether oxygens (including phenoxy) is 1. The number of carbonyl (C=O) groups is 2. The molecule has 1 aliphatic carbocycles. The molecule has 1 aliphatic heterocycles. The summed E-state index contributed by atoms with van der Waals surface area (Å²) in [5.74, 6) is -0.490. The maximum atomic E-state index is 12.4. The highest BCUT2D eigenvalue weighted by Crippen LogP contribution is 2.64. The highest BCUT2D eigenvalue weighted by Gasteiger charge is 2.68. The number of likely N-dealkylation sites (tertiary alicyclic amines) is 1. The molecule has 0 N–H and O–H groups in total. The van der Waals surface area contributed by atoms with Crippen LogP contribution >= 0.6 is 23.2 Å². The first-order valence-electron chi connectivity index (χ1n) is 6.65. The fourth-order valence-corrected chi connectivity index (χ4v) is 3.29. The van der Waals surface area contributed by atoms with E-state index in [1.807, 2.05) is 0 Å². The average Bonchev–Trinajstić information content (AvgIpc) is 2.89. The number of carbonyl (C=O) groups excluding carboxylic acids is 2. The zero-order valence-electron chi connectivity index (χ0n) is 11.2. The minimum Gasteiger partial charge on any atom is -0.466 e. The first kappa shape index (κ1) is 14.9. The Morgan fingerprint density at radius 1 is 1.42 bits per heavy atom. The Balaban J connectivity index is 1.98. The van der Waals surface area contributed by atoms with E-state index in [-0.39, 0.29) is 17.8 Å². The second-order valence-corrected chi connectivity index (χ2v) is 7.04. The second-order valence-electron chi connectivity index (χ2n) is 5.56. The predicted octanol–water partition coefficient (Wildman–Crippen LogP) is 2.37. The Labute approximate surface area is 123 Å². The first-order chi connectivity index (χ1) is 8.82. The third kappa shape index (κ3) is 2.70. The van der Waals surface area contributed by atoms with Gasteiger partial charge in [0.1, 0.15) is 4.33 Å². The van der Waals surface area contributed by atoms with Crippen LogP contribution in [0, 0.1) is 11.3 Å². The van der Waals surface area contributed by atoms with Crippen molar-refractivity contribution in [3.63, 3.8) is 0 Å². The standard InChI is InChI=1S/C13H19Cl2NO3/c1-3-19-10(17)9-5-4-6-16(7-9)11(18)12(2)8-13(12,14)15/h9H,3-8H2,1-2H3. The zero-order chi connectivity index (χ0) is 14.3. The molecule has 2 aliphatic rings. The van der Waals surface area contributed by atoms with Gasteiger partial charge < -0.3 is 9.64 Å². The van der Waals surface area contributed by atoms with Gasteiger partial charge in [0.15, 0.2) is 0 Å². The van der Waals surface area contributed by atoms with Gasteiger partial charge in [0.2, 0.25) is 5.91 Å². The van der Waals surface area contributed by atoms with Gasteiger partial charge in [0.25, 0.3) is 0 Å². The van der Waals surface area contributed by atoms with Crippen LogP contribution in [-0.2, 0) is 14.3 Å². The van der Waals surface area contributed by atoms with Crippen molar-refractivity contribution >= 4 is 35.1 Å². The molecule has 6 heteroatoms. The number of nitrogens with zero attached hydrogens (tertiary/aromatic N) is 1. The topological polar surface area (TPSA) is 46.6 Å². The van der Waals surface area contributed by atoms with Gasteiger partial charge in [0.05, 0.1) is 17.9 Å². The molecule has 1 saturated heterocycles. The van der Waals surface area contributed by atoms with E-state index >= 15 is 0 Å². The molecule has 2 fully saturated rings. The Kier molecular flexibility index (Phi) is 4.03. The van der Waals surface area contributed by atoms with Crippen LogP contribution in [0.4, 0.5) is 0 Å². The van der Waals surface area contributed by atoms with Crippen molar-refractivity contribution in [2.75, 3.05) is 19.7 Å². The molecule has 108 valence electrons. The van der Waals surface area contributed by atoms with Crippen molar-refractivity contribution in [1.82, 2.24) is 4.90 Å². The van der Waals surface area contributed by atoms with Crippen molar-refractivity contribution in [2.24, 2.45) is 11.3 Å². The summed E-state index contributed by atoms with van der Waals surface area (Å²) in [6.45, 7) is 5.01. The van der Waals surface area contributed by atoms with Crippen LogP contribution in [-0.4, -0.2) is 40.8 Å². The fourth-order valence-electron chi connectivity index (χ4n) is 2.59. The number of hydrogen-bond donors (Lipinski definition) is 0. The van der Waals surface area contributed by atoms with Crippen LogP contribution in [0.5, 0.6) is 0 Å². The van der Waals surface area contributed by atoms with Gasteiger partial charge in [-0.25, -0.2) is 0 Å². The molecule has 1 heterocycles. The van der Waals surface area contributed by atoms with E-state index in [4.69, 9.17) is 27.9 Å². The van der Waals surface area contributed by atoms with Gasteiger partial charge in [-0.05, 0) is 33.1 Å². The molecule has 1 amide bonds. The minimum atomic E-state index is -0.957. The van der Waals surface area contributed by atoms with Crippen molar-refractivity contribution in [2.45, 2.75) is 37.4 Å². The molecular weight excluding hydrogens is 289 g/mol. The summed E-state index contributed by atoms with van der Waals surface area (Å²) in [5.41, 5.74) is -0.702. The van der Waals surface area contributed by atoms with Gasteiger partial charge in [-0.3, -0.25) is 9.59 Å². The van der Waals surface area contributed by atoms with Crippen LogP contribution in [0.3, 0.4) is 0 Å². The third-order valence-electron chi connectivity index (χ3n) is 4.06. The molecule has 0 aromatic rings. The number of halogens is 2. The summed E-state index contributed by atoms with van der Waals surface area (Å²) in [6.07, 6.45) is 2.05. The van der Waals surface area contributed by atoms with E-state index < -0.39 is 9.75 Å². The number of amides is 1. The molecule has 0 aromatic heterocycles. The number of piperidine rings is 1. The molecule has 1 saturated carbocycles. The molecule has 2 rings (SSSR count). The number of esters is 1. The average molecular weight is 308 g/mol. The second kappa shape index (κ2) is 5.13. The van der Waals surface area contributed by atoms with Crippen LogP contribution in [0.1, 0.15) is 33.1 Å². The molecular formula is C13H19Cl2NO3. The number of alkyl halides is 2. The molecule has 0 aromatic carbocycles. The minimum absolute atomic E-state index is 0.0495. The predicted molar refractivity (Wildman–Crippen MR) is 73.1 cm³/mol. The summed E-state index contributed by atoms with van der Waals surface area (Å²) in [7, 11) is 0. The molecule has 2 unspecified atom stereocenters. The van der Waals surface area contributed by atoms with Crippen LogP contribution in [0.25, 0.3) is 0 Å². The lowest BCUT2D eigenvalue weighted by atomic mass is 9.96. The van der Waals surface area contributed by atoms with Gasteiger partial charge >= 0.3 is 5.97 Å². The molecule has 4 nitrogen and oxygen atoms in total. The summed E-state index contributed by atoms with van der Waals surface area (Å²) in [5, 5.41) is 0. The first-order valence-corrected chi connectivity index (χ1v) is 7.41. The maximum absolute atomic E-state index is 12.4. The van der Waals surface area contributed by atoms with E-state index in [2.05, 4.69) is 0 Å². The lowest BCUT2D eigenvalue weighted by molar-refractivity contribution is -0.152.